The van der Waals surface area contributed by atoms with Crippen molar-refractivity contribution in [1.82, 2.24) is 4.90 Å². The Hall–Kier alpha value is -1.39. The molecule has 0 radical (unpaired) electrons. The van der Waals surface area contributed by atoms with Crippen LogP contribution in [0.2, 0.25) is 0 Å². The minimum atomic E-state index is -0.945. The van der Waals surface area contributed by atoms with Crippen LogP contribution in [0.3, 0.4) is 0 Å². The first-order valence-corrected chi connectivity index (χ1v) is 8.02. The second-order valence-electron chi connectivity index (χ2n) is 5.41. The molecular weight excluding hydrogens is 270 g/mol. The monoisotopic (exact) mass is 299 g/mol. The van der Waals surface area contributed by atoms with Crippen LogP contribution in [-0.2, 0) is 14.4 Å². The molecule has 0 heterocycles. The lowest BCUT2D eigenvalue weighted by molar-refractivity contribution is -0.140. The van der Waals surface area contributed by atoms with Gasteiger partial charge in [0, 0.05) is 19.4 Å². The van der Waals surface area contributed by atoms with E-state index in [0.717, 1.165) is 38.5 Å². The number of amides is 1. The Labute approximate surface area is 127 Å². The Bertz CT molecular complexity index is 328. The summed E-state index contributed by atoms with van der Waals surface area (Å²) >= 11 is 0. The van der Waals surface area contributed by atoms with E-state index < -0.39 is 5.97 Å². The van der Waals surface area contributed by atoms with Gasteiger partial charge in [-0.3, -0.25) is 14.4 Å². The minimum Gasteiger partial charge on any atom is -0.481 e. The van der Waals surface area contributed by atoms with Crippen molar-refractivity contribution in [2.45, 2.75) is 71.6 Å². The van der Waals surface area contributed by atoms with Crippen molar-refractivity contribution in [1.29, 1.82) is 0 Å². The number of hydrogen-bond donors (Lipinski definition) is 1. The van der Waals surface area contributed by atoms with Crippen molar-refractivity contribution in [2.24, 2.45) is 0 Å². The highest BCUT2D eigenvalue weighted by atomic mass is 16.4. The number of carbonyl (C=O) groups excluding carboxylic acids is 2. The second kappa shape index (κ2) is 12.4. The minimum absolute atomic E-state index is 0.0256. The predicted octanol–water partition coefficient (Wildman–Crippen LogP) is 3.02. The Morgan fingerprint density at radius 2 is 1.43 bits per heavy atom. The first kappa shape index (κ1) is 19.6. The number of carbonyl (C=O) groups is 3. The number of rotatable bonds is 13. The predicted molar refractivity (Wildman–Crippen MR) is 82.1 cm³/mol. The Kier molecular flexibility index (Phi) is 11.5. The summed E-state index contributed by atoms with van der Waals surface area (Å²) in [7, 11) is 0. The molecule has 0 aromatic heterocycles. The third kappa shape index (κ3) is 11.0. The van der Waals surface area contributed by atoms with Gasteiger partial charge in [0.25, 0.3) is 0 Å². The third-order valence-corrected chi connectivity index (χ3v) is 3.37. The molecule has 0 aliphatic rings. The number of carboxylic acid groups (broad SMARTS) is 1. The highest BCUT2D eigenvalue weighted by molar-refractivity contribution is 5.86. The molecule has 0 bridgehead atoms. The first-order valence-electron chi connectivity index (χ1n) is 8.02. The van der Waals surface area contributed by atoms with Crippen LogP contribution in [0.5, 0.6) is 0 Å². The van der Waals surface area contributed by atoms with Crippen LogP contribution in [0.1, 0.15) is 71.6 Å². The molecule has 0 aromatic rings. The summed E-state index contributed by atoms with van der Waals surface area (Å²) in [6.07, 6.45) is 6.45. The lowest BCUT2D eigenvalue weighted by Crippen LogP contribution is -2.37. The average Bonchev–Trinajstić information content (AvgIpc) is 2.43. The maximum Gasteiger partial charge on any atom is 0.305 e. The number of unbranched alkanes of at least 4 members (excludes halogenated alkanes) is 4. The molecule has 122 valence electrons. The van der Waals surface area contributed by atoms with Crippen molar-refractivity contribution in [3.8, 4) is 0 Å². The lowest BCUT2D eigenvalue weighted by Gasteiger charge is -2.21. The number of ketones is 1. The summed E-state index contributed by atoms with van der Waals surface area (Å²) in [6.45, 7) is 4.31. The van der Waals surface area contributed by atoms with Crippen molar-refractivity contribution >= 4 is 17.7 Å². The Balaban J connectivity index is 4.32. The number of nitrogens with zero attached hydrogens (tertiary/aromatic N) is 1. The fourth-order valence-corrected chi connectivity index (χ4v) is 2.07. The van der Waals surface area contributed by atoms with Crippen molar-refractivity contribution in [2.75, 3.05) is 13.1 Å². The molecule has 0 spiro atoms. The van der Waals surface area contributed by atoms with Crippen LogP contribution in [0.25, 0.3) is 0 Å². The van der Waals surface area contributed by atoms with Gasteiger partial charge in [-0.25, -0.2) is 0 Å². The fraction of sp³-hybridized carbons (Fsp3) is 0.812. The third-order valence-electron chi connectivity index (χ3n) is 3.37. The van der Waals surface area contributed by atoms with Gasteiger partial charge in [-0.1, -0.05) is 39.5 Å². The lowest BCUT2D eigenvalue weighted by atomic mass is 10.1. The molecule has 0 saturated carbocycles. The molecule has 0 aromatic carbocycles. The molecule has 0 fully saturated rings. The van der Waals surface area contributed by atoms with E-state index in [-0.39, 0.29) is 31.2 Å². The molecule has 0 rings (SSSR count). The zero-order chi connectivity index (χ0) is 16.1. The molecule has 0 aliphatic carbocycles. The summed E-state index contributed by atoms with van der Waals surface area (Å²) in [6, 6.07) is 0. The average molecular weight is 299 g/mol. The number of aliphatic carboxylic acids is 1. The summed E-state index contributed by atoms with van der Waals surface area (Å²) in [5.74, 6) is -1.02. The van der Waals surface area contributed by atoms with E-state index in [2.05, 4.69) is 13.8 Å². The van der Waals surface area contributed by atoms with Gasteiger partial charge in [0.2, 0.25) is 5.91 Å². The zero-order valence-corrected chi connectivity index (χ0v) is 13.4. The SMILES string of the molecule is CCCCCC(=O)CN(CCC(=O)O)C(=O)CCCCC. The second-order valence-corrected chi connectivity index (χ2v) is 5.41. The van der Waals surface area contributed by atoms with Crippen LogP contribution in [0, 0.1) is 0 Å². The molecule has 1 amide bonds. The molecule has 5 heteroatoms. The summed E-state index contributed by atoms with van der Waals surface area (Å²) in [5, 5.41) is 8.74. The summed E-state index contributed by atoms with van der Waals surface area (Å²) < 4.78 is 0. The molecule has 0 atom stereocenters. The molecule has 0 saturated heterocycles. The largest absolute Gasteiger partial charge is 0.481 e. The zero-order valence-electron chi connectivity index (χ0n) is 13.4. The normalized spacial score (nSPS) is 10.4. The van der Waals surface area contributed by atoms with E-state index in [1.165, 1.54) is 4.90 Å². The van der Waals surface area contributed by atoms with Gasteiger partial charge in [-0.05, 0) is 12.8 Å². The Morgan fingerprint density at radius 3 is 1.95 bits per heavy atom. The van der Waals surface area contributed by atoms with Crippen LogP contribution in [0.15, 0.2) is 0 Å². The Morgan fingerprint density at radius 1 is 0.857 bits per heavy atom. The van der Waals surface area contributed by atoms with E-state index in [1.54, 1.807) is 0 Å². The number of Topliss-reactive ketones (excluding diaryl/α,β-unsaturated/α-hetero) is 1. The smallest absolute Gasteiger partial charge is 0.305 e. The van der Waals surface area contributed by atoms with E-state index in [1.807, 2.05) is 0 Å². The van der Waals surface area contributed by atoms with E-state index in [4.69, 9.17) is 5.11 Å². The summed E-state index contributed by atoms with van der Waals surface area (Å²) in [4.78, 5) is 36.0. The highest BCUT2D eigenvalue weighted by Crippen LogP contribution is 2.06. The maximum absolute atomic E-state index is 12.1. The molecule has 21 heavy (non-hydrogen) atoms. The van der Waals surface area contributed by atoms with Gasteiger partial charge in [0.15, 0.2) is 5.78 Å². The maximum atomic E-state index is 12.1. The van der Waals surface area contributed by atoms with Gasteiger partial charge in [0.05, 0.1) is 13.0 Å². The number of carboxylic acids is 1. The molecule has 0 unspecified atom stereocenters. The quantitative estimate of drug-likeness (QED) is 0.530. The van der Waals surface area contributed by atoms with Gasteiger partial charge in [-0.15, -0.1) is 0 Å². The molecule has 0 aliphatic heterocycles. The summed E-state index contributed by atoms with van der Waals surface area (Å²) in [5.41, 5.74) is 0. The standard InChI is InChI=1S/C16H29NO4/c1-3-5-7-9-14(18)13-17(12-11-16(20)21)15(19)10-8-6-4-2/h3-13H2,1-2H3,(H,20,21). The van der Waals surface area contributed by atoms with Gasteiger partial charge in [-0.2, -0.15) is 0 Å². The van der Waals surface area contributed by atoms with Gasteiger partial charge >= 0.3 is 5.97 Å². The van der Waals surface area contributed by atoms with Crippen molar-refractivity contribution in [3.05, 3.63) is 0 Å². The van der Waals surface area contributed by atoms with Crippen molar-refractivity contribution in [3.63, 3.8) is 0 Å². The van der Waals surface area contributed by atoms with Crippen LogP contribution < -0.4 is 0 Å². The highest BCUT2D eigenvalue weighted by Gasteiger charge is 2.17. The van der Waals surface area contributed by atoms with Crippen LogP contribution in [0.4, 0.5) is 0 Å². The van der Waals surface area contributed by atoms with Crippen LogP contribution in [-0.4, -0.2) is 40.8 Å². The topological polar surface area (TPSA) is 74.7 Å². The fourth-order valence-electron chi connectivity index (χ4n) is 2.07. The van der Waals surface area contributed by atoms with E-state index in [0.29, 0.717) is 12.8 Å². The van der Waals surface area contributed by atoms with Crippen molar-refractivity contribution < 1.29 is 19.5 Å². The van der Waals surface area contributed by atoms with Crippen LogP contribution >= 0.6 is 0 Å². The van der Waals surface area contributed by atoms with Gasteiger partial charge in [0.1, 0.15) is 0 Å². The number of hydrogen-bond acceptors (Lipinski definition) is 3. The van der Waals surface area contributed by atoms with E-state index in [9.17, 15) is 14.4 Å². The van der Waals surface area contributed by atoms with Gasteiger partial charge < -0.3 is 10.0 Å². The molecule has 5 nitrogen and oxygen atoms in total. The molecular formula is C16H29NO4. The molecule has 1 N–H and O–H groups in total. The van der Waals surface area contributed by atoms with E-state index >= 15 is 0 Å². The first-order chi connectivity index (χ1) is 10.0.